The maximum absolute atomic E-state index is 12.0. The van der Waals surface area contributed by atoms with Gasteiger partial charge in [-0.25, -0.2) is 0 Å². The monoisotopic (exact) mass is 396 g/mol. The fraction of sp³-hybridized carbons (Fsp3) is 0.480. The molecule has 1 aliphatic carbocycles. The van der Waals surface area contributed by atoms with Crippen molar-refractivity contribution in [3.8, 4) is 22.6 Å². The van der Waals surface area contributed by atoms with Crippen molar-refractivity contribution in [1.82, 2.24) is 0 Å². The second-order valence-corrected chi connectivity index (χ2v) is 8.26. The fourth-order valence-electron chi connectivity index (χ4n) is 3.77. The molecule has 0 radical (unpaired) electrons. The van der Waals surface area contributed by atoms with E-state index in [1.165, 1.54) is 12.8 Å². The van der Waals surface area contributed by atoms with E-state index in [1.807, 2.05) is 42.5 Å². The molecule has 0 amide bonds. The predicted molar refractivity (Wildman–Crippen MR) is 116 cm³/mol. The Morgan fingerprint density at radius 1 is 1.17 bits per heavy atom. The molecule has 0 aromatic heterocycles. The third-order valence-electron chi connectivity index (χ3n) is 5.70. The molecule has 1 N–H and O–H groups in total. The van der Waals surface area contributed by atoms with E-state index < -0.39 is 11.9 Å². The van der Waals surface area contributed by atoms with E-state index in [0.29, 0.717) is 18.3 Å². The minimum atomic E-state index is -0.764. The summed E-state index contributed by atoms with van der Waals surface area (Å²) in [6.45, 7) is 5.00. The van der Waals surface area contributed by atoms with Gasteiger partial charge in [0, 0.05) is 5.56 Å². The molecule has 2 atom stereocenters. The average molecular weight is 397 g/mol. The van der Waals surface area contributed by atoms with Crippen LogP contribution in [0.25, 0.3) is 11.1 Å². The van der Waals surface area contributed by atoms with Crippen LogP contribution in [0.15, 0.2) is 42.5 Å². The summed E-state index contributed by atoms with van der Waals surface area (Å²) in [4.78, 5) is 12.0. The third-order valence-corrected chi connectivity index (χ3v) is 5.70. The summed E-state index contributed by atoms with van der Waals surface area (Å²) in [7, 11) is 1.65. The molecule has 1 aliphatic rings. The Kier molecular flexibility index (Phi) is 7.18. The van der Waals surface area contributed by atoms with Crippen LogP contribution in [0.5, 0.6) is 11.5 Å². The first-order chi connectivity index (χ1) is 14.0. The Morgan fingerprint density at radius 3 is 2.48 bits per heavy atom. The van der Waals surface area contributed by atoms with Crippen LogP contribution in [0.1, 0.15) is 57.4 Å². The lowest BCUT2D eigenvalue weighted by Gasteiger charge is -2.20. The summed E-state index contributed by atoms with van der Waals surface area (Å²) in [5.74, 6) is 1.36. The Bertz CT molecular complexity index is 808. The highest BCUT2D eigenvalue weighted by atomic mass is 16.5. The Labute approximate surface area is 173 Å². The average Bonchev–Trinajstić information content (AvgIpc) is 3.55. The van der Waals surface area contributed by atoms with Gasteiger partial charge in [0.25, 0.3) is 0 Å². The van der Waals surface area contributed by atoms with Gasteiger partial charge in [0.2, 0.25) is 0 Å². The number of aliphatic carboxylic acids is 1. The second-order valence-electron chi connectivity index (χ2n) is 8.26. The van der Waals surface area contributed by atoms with Gasteiger partial charge in [-0.2, -0.15) is 0 Å². The minimum Gasteiger partial charge on any atom is -0.497 e. The molecule has 3 rings (SSSR count). The Balaban J connectivity index is 1.93. The number of benzene rings is 2. The summed E-state index contributed by atoms with van der Waals surface area (Å²) < 4.78 is 11.4. The second kappa shape index (κ2) is 9.82. The molecule has 0 aliphatic heterocycles. The van der Waals surface area contributed by atoms with E-state index >= 15 is 0 Å². The molecule has 29 heavy (non-hydrogen) atoms. The smallest absolute Gasteiger partial charge is 0.310 e. The van der Waals surface area contributed by atoms with Gasteiger partial charge in [-0.1, -0.05) is 44.9 Å². The summed E-state index contributed by atoms with van der Waals surface area (Å²) >= 11 is 0. The highest BCUT2D eigenvalue weighted by Gasteiger charge is 2.25. The minimum absolute atomic E-state index is 0.372. The molecule has 2 aromatic rings. The molecule has 4 nitrogen and oxygen atoms in total. The van der Waals surface area contributed by atoms with E-state index in [2.05, 4.69) is 13.8 Å². The molecule has 0 saturated heterocycles. The van der Waals surface area contributed by atoms with Crippen molar-refractivity contribution >= 4 is 5.97 Å². The van der Waals surface area contributed by atoms with Gasteiger partial charge in [0.15, 0.2) is 0 Å². The van der Waals surface area contributed by atoms with Crippen LogP contribution in [-0.2, 0) is 4.79 Å². The number of ether oxygens (including phenoxy) is 2. The first kappa shape index (κ1) is 21.2. The normalized spacial score (nSPS) is 15.6. The van der Waals surface area contributed by atoms with Crippen LogP contribution in [0.3, 0.4) is 0 Å². The van der Waals surface area contributed by atoms with E-state index in [-0.39, 0.29) is 0 Å². The topological polar surface area (TPSA) is 55.8 Å². The van der Waals surface area contributed by atoms with Crippen LogP contribution in [0.4, 0.5) is 0 Å². The molecule has 0 bridgehead atoms. The Hall–Kier alpha value is -2.49. The lowest BCUT2D eigenvalue weighted by Crippen LogP contribution is -2.15. The molecule has 0 spiro atoms. The largest absolute Gasteiger partial charge is 0.497 e. The quantitative estimate of drug-likeness (QED) is 0.495. The zero-order valence-corrected chi connectivity index (χ0v) is 17.7. The predicted octanol–water partition coefficient (Wildman–Crippen LogP) is 6.15. The van der Waals surface area contributed by atoms with Crippen molar-refractivity contribution in [2.24, 2.45) is 11.8 Å². The lowest BCUT2D eigenvalue weighted by atomic mass is 9.86. The maximum atomic E-state index is 12.0. The highest BCUT2D eigenvalue weighted by molar-refractivity contribution is 5.79. The van der Waals surface area contributed by atoms with Crippen LogP contribution in [-0.4, -0.2) is 24.8 Å². The van der Waals surface area contributed by atoms with Crippen LogP contribution >= 0.6 is 0 Å². The van der Waals surface area contributed by atoms with E-state index in [9.17, 15) is 9.90 Å². The van der Waals surface area contributed by atoms with Crippen molar-refractivity contribution in [1.29, 1.82) is 0 Å². The number of hydrogen-bond acceptors (Lipinski definition) is 3. The molecule has 1 saturated carbocycles. The van der Waals surface area contributed by atoms with Crippen LogP contribution < -0.4 is 9.47 Å². The zero-order valence-electron chi connectivity index (χ0n) is 17.7. The molecule has 2 unspecified atom stereocenters. The van der Waals surface area contributed by atoms with Crippen molar-refractivity contribution in [2.75, 3.05) is 13.7 Å². The summed E-state index contributed by atoms with van der Waals surface area (Å²) in [5.41, 5.74) is 2.79. The molecule has 156 valence electrons. The lowest BCUT2D eigenvalue weighted by molar-refractivity contribution is -0.139. The molecule has 1 fully saturated rings. The number of carbonyl (C=O) groups is 1. The zero-order chi connectivity index (χ0) is 20.8. The Morgan fingerprint density at radius 2 is 1.90 bits per heavy atom. The van der Waals surface area contributed by atoms with Gasteiger partial charge in [0.05, 0.1) is 19.6 Å². The summed E-state index contributed by atoms with van der Waals surface area (Å²) in [6, 6.07) is 13.7. The fourth-order valence-corrected chi connectivity index (χ4v) is 3.77. The number of carboxylic acids is 1. The number of rotatable bonds is 11. The van der Waals surface area contributed by atoms with E-state index in [0.717, 1.165) is 47.6 Å². The van der Waals surface area contributed by atoms with Gasteiger partial charge in [-0.15, -0.1) is 0 Å². The SMILES string of the molecule is CCCC(C)CC(C(=O)O)c1ccc(OCC2CC2)c(-c2ccc(OC)cc2)c1. The van der Waals surface area contributed by atoms with Gasteiger partial charge in [-0.05, 0) is 66.5 Å². The first-order valence-corrected chi connectivity index (χ1v) is 10.7. The maximum Gasteiger partial charge on any atom is 0.310 e. The molecule has 0 heterocycles. The highest BCUT2D eigenvalue weighted by Crippen LogP contribution is 2.37. The van der Waals surface area contributed by atoms with Gasteiger partial charge < -0.3 is 14.6 Å². The van der Waals surface area contributed by atoms with Crippen molar-refractivity contribution in [2.45, 2.75) is 51.9 Å². The van der Waals surface area contributed by atoms with Crippen LogP contribution in [0.2, 0.25) is 0 Å². The third kappa shape index (κ3) is 5.75. The summed E-state index contributed by atoms with van der Waals surface area (Å²) in [6.07, 6.45) is 5.21. The van der Waals surface area contributed by atoms with Gasteiger partial charge in [0.1, 0.15) is 11.5 Å². The molecular weight excluding hydrogens is 364 g/mol. The van der Waals surface area contributed by atoms with Gasteiger partial charge in [-0.3, -0.25) is 4.79 Å². The standard InChI is InChI=1S/C25H32O4/c1-4-5-17(2)14-23(25(26)27)20-10-13-24(29-16-18-6-7-18)22(15-20)19-8-11-21(28-3)12-9-19/h8-13,15,17-18,23H,4-7,14,16H2,1-3H3,(H,26,27). The number of methoxy groups -OCH3 is 1. The molecule has 2 aromatic carbocycles. The van der Waals surface area contributed by atoms with Crippen LogP contribution in [0, 0.1) is 11.8 Å². The molecular formula is C25H32O4. The van der Waals surface area contributed by atoms with Crippen molar-refractivity contribution in [3.05, 3.63) is 48.0 Å². The van der Waals surface area contributed by atoms with Crippen molar-refractivity contribution in [3.63, 3.8) is 0 Å². The van der Waals surface area contributed by atoms with E-state index in [4.69, 9.17) is 9.47 Å². The van der Waals surface area contributed by atoms with Crippen molar-refractivity contribution < 1.29 is 19.4 Å². The first-order valence-electron chi connectivity index (χ1n) is 10.7. The summed E-state index contributed by atoms with van der Waals surface area (Å²) in [5, 5.41) is 9.88. The number of hydrogen-bond donors (Lipinski definition) is 1. The van der Waals surface area contributed by atoms with E-state index in [1.54, 1.807) is 7.11 Å². The number of carboxylic acid groups (broad SMARTS) is 1. The van der Waals surface area contributed by atoms with Gasteiger partial charge >= 0.3 is 5.97 Å². The molecule has 4 heteroatoms.